The van der Waals surface area contributed by atoms with E-state index in [1.54, 1.807) is 6.92 Å². The van der Waals surface area contributed by atoms with Crippen LogP contribution in [0.15, 0.2) is 6.20 Å². The van der Waals surface area contributed by atoms with E-state index in [1.807, 2.05) is 6.92 Å². The van der Waals surface area contributed by atoms with Gasteiger partial charge in [-0.2, -0.15) is 5.10 Å². The Morgan fingerprint density at radius 2 is 2.47 bits per heavy atom. The van der Waals surface area contributed by atoms with Crippen molar-refractivity contribution >= 4 is 23.1 Å². The fourth-order valence-electron chi connectivity index (χ4n) is 1.02. The number of carbonyl (C=O) groups excluding carboxylic acids is 1. The Morgan fingerprint density at radius 1 is 1.80 bits per heavy atom. The van der Waals surface area contributed by atoms with Crippen LogP contribution in [0, 0.1) is 12.8 Å². The maximum absolute atomic E-state index is 11.6. The fraction of sp³-hybridized carbons (Fsp3) is 0.444. The molecule has 1 heterocycles. The number of aryl methyl sites for hydroxylation is 1. The van der Waals surface area contributed by atoms with Crippen molar-refractivity contribution < 1.29 is 4.79 Å². The van der Waals surface area contributed by atoms with Crippen molar-refractivity contribution in [3.63, 3.8) is 0 Å². The second-order valence-corrected chi connectivity index (χ2v) is 3.89. The SMILES string of the molecule is Cc1[nH]ncc1C(=O)NCC(C)C(N)=S. The molecule has 0 aromatic carbocycles. The number of aromatic amines is 1. The van der Waals surface area contributed by atoms with Gasteiger partial charge in [-0.25, -0.2) is 0 Å². The molecular formula is C9H14N4OS. The summed E-state index contributed by atoms with van der Waals surface area (Å²) in [5, 5.41) is 9.21. The summed E-state index contributed by atoms with van der Waals surface area (Å²) in [4.78, 5) is 12.0. The van der Waals surface area contributed by atoms with Gasteiger partial charge in [0.15, 0.2) is 0 Å². The largest absolute Gasteiger partial charge is 0.393 e. The number of hydrogen-bond acceptors (Lipinski definition) is 3. The third kappa shape index (κ3) is 3.02. The first kappa shape index (κ1) is 11.6. The highest BCUT2D eigenvalue weighted by Gasteiger charge is 2.12. The summed E-state index contributed by atoms with van der Waals surface area (Å²) in [6, 6.07) is 0. The summed E-state index contributed by atoms with van der Waals surface area (Å²) in [6.45, 7) is 4.10. The second kappa shape index (κ2) is 4.88. The Balaban J connectivity index is 2.51. The summed E-state index contributed by atoms with van der Waals surface area (Å²) in [5.74, 6) is -0.166. The molecule has 0 aliphatic rings. The Kier molecular flexibility index (Phi) is 3.79. The maximum Gasteiger partial charge on any atom is 0.254 e. The summed E-state index contributed by atoms with van der Waals surface area (Å²) >= 11 is 4.80. The van der Waals surface area contributed by atoms with Crippen molar-refractivity contribution in [1.29, 1.82) is 0 Å². The van der Waals surface area contributed by atoms with Crippen molar-refractivity contribution in [2.24, 2.45) is 11.7 Å². The highest BCUT2D eigenvalue weighted by Crippen LogP contribution is 2.02. The predicted octanol–water partition coefficient (Wildman–Crippen LogP) is 0.370. The quantitative estimate of drug-likeness (QED) is 0.648. The second-order valence-electron chi connectivity index (χ2n) is 3.42. The molecule has 0 aliphatic heterocycles. The lowest BCUT2D eigenvalue weighted by Crippen LogP contribution is -2.33. The molecule has 1 aromatic heterocycles. The van der Waals surface area contributed by atoms with Crippen molar-refractivity contribution in [1.82, 2.24) is 15.5 Å². The molecule has 82 valence electrons. The fourth-order valence-corrected chi connectivity index (χ4v) is 1.10. The molecule has 1 atom stereocenters. The van der Waals surface area contributed by atoms with Crippen molar-refractivity contribution in [3.8, 4) is 0 Å². The number of hydrogen-bond donors (Lipinski definition) is 3. The van der Waals surface area contributed by atoms with Crippen LogP contribution in [0.3, 0.4) is 0 Å². The van der Waals surface area contributed by atoms with E-state index in [0.717, 1.165) is 5.69 Å². The number of nitrogens with zero attached hydrogens (tertiary/aromatic N) is 1. The van der Waals surface area contributed by atoms with Crippen molar-refractivity contribution in [2.75, 3.05) is 6.54 Å². The minimum absolute atomic E-state index is 0.00356. The lowest BCUT2D eigenvalue weighted by molar-refractivity contribution is 0.0951. The minimum atomic E-state index is -0.163. The Bertz CT molecular complexity index is 374. The average Bonchev–Trinajstić information content (AvgIpc) is 2.60. The van der Waals surface area contributed by atoms with E-state index in [0.29, 0.717) is 17.1 Å². The molecule has 0 fully saturated rings. The molecule has 6 heteroatoms. The number of aromatic nitrogens is 2. The zero-order valence-corrected chi connectivity index (χ0v) is 9.52. The molecule has 1 rings (SSSR count). The van der Waals surface area contributed by atoms with Crippen LogP contribution in [0.1, 0.15) is 23.0 Å². The lowest BCUT2D eigenvalue weighted by atomic mass is 10.1. The molecule has 1 amide bonds. The predicted molar refractivity (Wildman–Crippen MR) is 61.6 cm³/mol. The lowest BCUT2D eigenvalue weighted by Gasteiger charge is -2.10. The molecule has 0 saturated heterocycles. The molecule has 0 spiro atoms. The van der Waals surface area contributed by atoms with Crippen LogP contribution in [0.2, 0.25) is 0 Å². The van der Waals surface area contributed by atoms with Gasteiger partial charge in [0.05, 0.1) is 16.7 Å². The van der Waals surface area contributed by atoms with Crippen LogP contribution in [0.25, 0.3) is 0 Å². The summed E-state index contributed by atoms with van der Waals surface area (Å²) in [7, 11) is 0. The molecule has 0 radical (unpaired) electrons. The first-order valence-corrected chi connectivity index (χ1v) is 5.00. The van der Waals surface area contributed by atoms with Crippen LogP contribution in [0.4, 0.5) is 0 Å². The van der Waals surface area contributed by atoms with Crippen LogP contribution in [0.5, 0.6) is 0 Å². The highest BCUT2D eigenvalue weighted by molar-refractivity contribution is 7.80. The van der Waals surface area contributed by atoms with Gasteiger partial charge in [-0.05, 0) is 6.92 Å². The monoisotopic (exact) mass is 226 g/mol. The molecule has 4 N–H and O–H groups in total. The highest BCUT2D eigenvalue weighted by atomic mass is 32.1. The van der Waals surface area contributed by atoms with Gasteiger partial charge < -0.3 is 11.1 Å². The number of amides is 1. The van der Waals surface area contributed by atoms with Gasteiger partial charge in [0.25, 0.3) is 5.91 Å². The summed E-state index contributed by atoms with van der Waals surface area (Å²) in [5.41, 5.74) is 6.72. The van der Waals surface area contributed by atoms with E-state index in [9.17, 15) is 4.79 Å². The first-order valence-electron chi connectivity index (χ1n) is 4.60. The van der Waals surface area contributed by atoms with Gasteiger partial charge in [-0.15, -0.1) is 0 Å². The van der Waals surface area contributed by atoms with Gasteiger partial charge in [0.1, 0.15) is 0 Å². The Labute approximate surface area is 93.4 Å². The Morgan fingerprint density at radius 3 is 2.93 bits per heavy atom. The molecular weight excluding hydrogens is 212 g/mol. The molecule has 0 bridgehead atoms. The zero-order chi connectivity index (χ0) is 11.4. The standard InChI is InChI=1S/C9H14N4OS/c1-5(8(10)15)3-11-9(14)7-4-12-13-6(7)2/h4-5H,3H2,1-2H3,(H2,10,15)(H,11,14)(H,12,13). The zero-order valence-electron chi connectivity index (χ0n) is 8.70. The van der Waals surface area contributed by atoms with Gasteiger partial charge >= 0.3 is 0 Å². The number of nitrogens with one attached hydrogen (secondary N) is 2. The Hall–Kier alpha value is -1.43. The number of carbonyl (C=O) groups is 1. The van der Waals surface area contributed by atoms with Gasteiger partial charge in [0, 0.05) is 18.2 Å². The number of rotatable bonds is 4. The summed E-state index contributed by atoms with van der Waals surface area (Å²) < 4.78 is 0. The molecule has 0 saturated carbocycles. The topological polar surface area (TPSA) is 83.8 Å². The van der Waals surface area contributed by atoms with Crippen LogP contribution >= 0.6 is 12.2 Å². The molecule has 1 unspecified atom stereocenters. The first-order chi connectivity index (χ1) is 7.02. The van der Waals surface area contributed by atoms with E-state index in [2.05, 4.69) is 15.5 Å². The van der Waals surface area contributed by atoms with Crippen molar-refractivity contribution in [3.05, 3.63) is 17.5 Å². The molecule has 1 aromatic rings. The number of H-pyrrole nitrogens is 1. The van der Waals surface area contributed by atoms with Gasteiger partial charge in [-0.3, -0.25) is 9.89 Å². The third-order valence-electron chi connectivity index (χ3n) is 2.13. The maximum atomic E-state index is 11.6. The number of thiocarbonyl (C=S) groups is 1. The third-order valence-corrected chi connectivity index (χ3v) is 2.53. The normalized spacial score (nSPS) is 12.1. The summed E-state index contributed by atoms with van der Waals surface area (Å²) in [6.07, 6.45) is 1.50. The van der Waals surface area contributed by atoms with Crippen LogP contribution in [-0.4, -0.2) is 27.6 Å². The average molecular weight is 226 g/mol. The minimum Gasteiger partial charge on any atom is -0.393 e. The molecule has 0 aliphatic carbocycles. The van der Waals surface area contributed by atoms with E-state index >= 15 is 0 Å². The van der Waals surface area contributed by atoms with Gasteiger partial charge in [-0.1, -0.05) is 19.1 Å². The smallest absolute Gasteiger partial charge is 0.254 e. The van der Waals surface area contributed by atoms with Crippen molar-refractivity contribution in [2.45, 2.75) is 13.8 Å². The van der Waals surface area contributed by atoms with E-state index in [-0.39, 0.29) is 11.8 Å². The van der Waals surface area contributed by atoms with Gasteiger partial charge in [0.2, 0.25) is 0 Å². The number of nitrogens with two attached hydrogens (primary N) is 1. The van der Waals surface area contributed by atoms with Crippen LogP contribution < -0.4 is 11.1 Å². The van der Waals surface area contributed by atoms with E-state index in [4.69, 9.17) is 18.0 Å². The molecule has 5 nitrogen and oxygen atoms in total. The van der Waals surface area contributed by atoms with Crippen LogP contribution in [-0.2, 0) is 0 Å². The van der Waals surface area contributed by atoms with E-state index in [1.165, 1.54) is 6.20 Å². The van der Waals surface area contributed by atoms with E-state index < -0.39 is 0 Å². The molecule has 15 heavy (non-hydrogen) atoms.